The summed E-state index contributed by atoms with van der Waals surface area (Å²) in [5.74, 6) is -1.31. The zero-order valence-corrected chi connectivity index (χ0v) is 10.6. The molecule has 7 heteroatoms. The number of non-ortho nitro benzene ring substituents is 1. The van der Waals surface area contributed by atoms with Gasteiger partial charge in [0.1, 0.15) is 11.8 Å². The van der Waals surface area contributed by atoms with Crippen LogP contribution in [0.25, 0.3) is 0 Å². The molecule has 20 heavy (non-hydrogen) atoms. The Morgan fingerprint density at radius 1 is 1.45 bits per heavy atom. The van der Waals surface area contributed by atoms with E-state index in [1.807, 2.05) is 0 Å². The van der Waals surface area contributed by atoms with Gasteiger partial charge in [-0.3, -0.25) is 14.9 Å². The topological polar surface area (TPSA) is 116 Å². The molecule has 1 aromatic carbocycles. The predicted molar refractivity (Wildman–Crippen MR) is 71.8 cm³/mol. The van der Waals surface area contributed by atoms with Crippen LogP contribution in [0.1, 0.15) is 6.92 Å². The Kier molecular flexibility index (Phi) is 4.59. The maximum absolute atomic E-state index is 11.8. The Morgan fingerprint density at radius 2 is 2.00 bits per heavy atom. The van der Waals surface area contributed by atoms with Crippen LogP contribution in [0, 0.1) is 21.4 Å². The third kappa shape index (κ3) is 3.43. The van der Waals surface area contributed by atoms with Crippen LogP contribution >= 0.6 is 0 Å². The number of anilines is 1. The fourth-order valence-electron chi connectivity index (χ4n) is 1.28. The molecule has 2 N–H and O–H groups in total. The standard InChI is InChI=1S/C13H11N3O4/c1-8(2)12(17)11(7-14)13(18)15-9-3-5-10(6-4-9)16(19)20/h3-6,17H,1H2,2H3,(H,15,18)/b12-11-. The summed E-state index contributed by atoms with van der Waals surface area (Å²) in [4.78, 5) is 21.7. The number of nitrogens with zero attached hydrogens (tertiary/aromatic N) is 2. The number of carbonyl (C=O) groups excluding carboxylic acids is 1. The molecule has 0 fully saturated rings. The number of benzene rings is 1. The van der Waals surface area contributed by atoms with E-state index in [2.05, 4.69) is 11.9 Å². The summed E-state index contributed by atoms with van der Waals surface area (Å²) in [6.07, 6.45) is 0. The van der Waals surface area contributed by atoms with Gasteiger partial charge < -0.3 is 10.4 Å². The van der Waals surface area contributed by atoms with Gasteiger partial charge in [0.25, 0.3) is 11.6 Å². The minimum atomic E-state index is -0.818. The second kappa shape index (κ2) is 6.15. The molecule has 0 aromatic heterocycles. The molecule has 0 spiro atoms. The summed E-state index contributed by atoms with van der Waals surface area (Å²) in [7, 11) is 0. The molecule has 7 nitrogen and oxygen atoms in total. The van der Waals surface area contributed by atoms with Crippen LogP contribution in [0.5, 0.6) is 0 Å². The second-order valence-corrected chi connectivity index (χ2v) is 3.87. The third-order valence-corrected chi connectivity index (χ3v) is 2.32. The number of rotatable bonds is 4. The highest BCUT2D eigenvalue weighted by Crippen LogP contribution is 2.17. The Labute approximate surface area is 114 Å². The minimum Gasteiger partial charge on any atom is -0.506 e. The van der Waals surface area contributed by atoms with E-state index in [-0.39, 0.29) is 16.9 Å². The first kappa shape index (κ1) is 14.9. The maximum atomic E-state index is 11.8. The van der Waals surface area contributed by atoms with Crippen LogP contribution in [-0.2, 0) is 4.79 Å². The molecule has 0 heterocycles. The first-order chi connectivity index (χ1) is 9.36. The molecule has 1 rings (SSSR count). The number of nitro benzene ring substituents is 1. The SMILES string of the molecule is C=C(C)/C(O)=C(\C#N)C(=O)Nc1ccc([N+](=O)[O-])cc1. The van der Waals surface area contributed by atoms with Crippen molar-refractivity contribution in [2.24, 2.45) is 0 Å². The number of nitrogens with one attached hydrogen (secondary N) is 1. The molecular formula is C13H11N3O4. The van der Waals surface area contributed by atoms with Crippen molar-refractivity contribution in [3.05, 3.63) is 57.9 Å². The van der Waals surface area contributed by atoms with E-state index in [4.69, 9.17) is 5.26 Å². The highest BCUT2D eigenvalue weighted by molar-refractivity contribution is 6.07. The summed E-state index contributed by atoms with van der Waals surface area (Å²) < 4.78 is 0. The highest BCUT2D eigenvalue weighted by Gasteiger charge is 2.16. The van der Waals surface area contributed by atoms with Gasteiger partial charge in [0, 0.05) is 17.8 Å². The van der Waals surface area contributed by atoms with Crippen LogP contribution in [0.2, 0.25) is 0 Å². The third-order valence-electron chi connectivity index (χ3n) is 2.32. The lowest BCUT2D eigenvalue weighted by molar-refractivity contribution is -0.384. The van der Waals surface area contributed by atoms with Crippen molar-refractivity contribution in [3.8, 4) is 6.07 Å². The molecule has 0 unspecified atom stereocenters. The summed E-state index contributed by atoms with van der Waals surface area (Å²) in [6, 6.07) is 6.65. The van der Waals surface area contributed by atoms with Gasteiger partial charge >= 0.3 is 0 Å². The summed E-state index contributed by atoms with van der Waals surface area (Å²) in [6.45, 7) is 4.88. The Bertz CT molecular complexity index is 639. The van der Waals surface area contributed by atoms with Crippen molar-refractivity contribution < 1.29 is 14.8 Å². The van der Waals surface area contributed by atoms with Crippen molar-refractivity contribution in [2.75, 3.05) is 5.32 Å². The molecule has 1 amide bonds. The molecule has 0 bridgehead atoms. The maximum Gasteiger partial charge on any atom is 0.270 e. The van der Waals surface area contributed by atoms with Crippen molar-refractivity contribution >= 4 is 17.3 Å². The fraction of sp³-hybridized carbons (Fsp3) is 0.0769. The number of nitro groups is 1. The largest absolute Gasteiger partial charge is 0.506 e. The molecule has 0 aliphatic carbocycles. The minimum absolute atomic E-state index is 0.121. The van der Waals surface area contributed by atoms with E-state index in [1.165, 1.54) is 31.2 Å². The van der Waals surface area contributed by atoms with E-state index in [0.29, 0.717) is 0 Å². The van der Waals surface area contributed by atoms with Gasteiger partial charge in [0.05, 0.1) is 4.92 Å². The van der Waals surface area contributed by atoms with Crippen molar-refractivity contribution in [2.45, 2.75) is 6.92 Å². The lowest BCUT2D eigenvalue weighted by atomic mass is 10.1. The Balaban J connectivity index is 2.96. The predicted octanol–water partition coefficient (Wildman–Crippen LogP) is 2.45. The number of amides is 1. The Hall–Kier alpha value is -3.14. The highest BCUT2D eigenvalue weighted by atomic mass is 16.6. The molecule has 0 atom stereocenters. The van der Waals surface area contributed by atoms with Crippen LogP contribution in [0.15, 0.2) is 47.7 Å². The molecule has 0 saturated heterocycles. The van der Waals surface area contributed by atoms with E-state index in [1.54, 1.807) is 6.07 Å². The van der Waals surface area contributed by atoms with Gasteiger partial charge in [-0.05, 0) is 24.6 Å². The lowest BCUT2D eigenvalue weighted by Crippen LogP contribution is -2.15. The average Bonchev–Trinajstić information content (AvgIpc) is 2.39. The lowest BCUT2D eigenvalue weighted by Gasteiger charge is -2.06. The molecule has 0 radical (unpaired) electrons. The molecular weight excluding hydrogens is 262 g/mol. The molecule has 0 saturated carbocycles. The molecule has 1 aromatic rings. The zero-order valence-electron chi connectivity index (χ0n) is 10.6. The van der Waals surface area contributed by atoms with E-state index >= 15 is 0 Å². The van der Waals surface area contributed by atoms with Gasteiger partial charge in [-0.15, -0.1) is 0 Å². The molecule has 102 valence electrons. The van der Waals surface area contributed by atoms with Crippen molar-refractivity contribution in [1.82, 2.24) is 0 Å². The van der Waals surface area contributed by atoms with Crippen LogP contribution in [0.3, 0.4) is 0 Å². The van der Waals surface area contributed by atoms with Crippen molar-refractivity contribution in [1.29, 1.82) is 5.26 Å². The van der Waals surface area contributed by atoms with Gasteiger partial charge in [-0.25, -0.2) is 0 Å². The van der Waals surface area contributed by atoms with Crippen LogP contribution in [0.4, 0.5) is 11.4 Å². The number of allylic oxidation sites excluding steroid dienone is 1. The smallest absolute Gasteiger partial charge is 0.270 e. The summed E-state index contributed by atoms with van der Waals surface area (Å²) in [5.41, 5.74) is -0.150. The van der Waals surface area contributed by atoms with Gasteiger partial charge in [0.2, 0.25) is 0 Å². The number of carbonyl (C=O) groups is 1. The van der Waals surface area contributed by atoms with Crippen LogP contribution in [-0.4, -0.2) is 15.9 Å². The Morgan fingerprint density at radius 3 is 2.40 bits per heavy atom. The number of nitriles is 1. The number of hydrogen-bond acceptors (Lipinski definition) is 5. The van der Waals surface area contributed by atoms with E-state index in [9.17, 15) is 20.0 Å². The van der Waals surface area contributed by atoms with Crippen molar-refractivity contribution in [3.63, 3.8) is 0 Å². The van der Waals surface area contributed by atoms with E-state index < -0.39 is 22.2 Å². The second-order valence-electron chi connectivity index (χ2n) is 3.87. The van der Waals surface area contributed by atoms with Gasteiger partial charge in [-0.1, -0.05) is 6.58 Å². The summed E-state index contributed by atoms with van der Waals surface area (Å²) >= 11 is 0. The average molecular weight is 273 g/mol. The monoisotopic (exact) mass is 273 g/mol. The molecule has 0 aliphatic rings. The number of aliphatic hydroxyl groups excluding tert-OH is 1. The van der Waals surface area contributed by atoms with E-state index in [0.717, 1.165) is 0 Å². The number of hydrogen-bond donors (Lipinski definition) is 2. The van der Waals surface area contributed by atoms with Gasteiger partial charge in [-0.2, -0.15) is 5.26 Å². The first-order valence-electron chi connectivity index (χ1n) is 5.42. The fourth-order valence-corrected chi connectivity index (χ4v) is 1.28. The molecule has 0 aliphatic heterocycles. The normalized spacial score (nSPS) is 11.0. The summed E-state index contributed by atoms with van der Waals surface area (Å²) in [5, 5.41) is 31.2. The van der Waals surface area contributed by atoms with Crippen LogP contribution < -0.4 is 5.32 Å². The first-order valence-corrected chi connectivity index (χ1v) is 5.42. The zero-order chi connectivity index (χ0) is 15.3. The van der Waals surface area contributed by atoms with Gasteiger partial charge in [0.15, 0.2) is 5.57 Å². The number of aliphatic hydroxyl groups is 1. The quantitative estimate of drug-likeness (QED) is 0.218.